The van der Waals surface area contributed by atoms with E-state index in [9.17, 15) is 13.5 Å². The van der Waals surface area contributed by atoms with Crippen LogP contribution in [0, 0.1) is 0 Å². The monoisotopic (exact) mass is 293 g/mol. The third-order valence-electron chi connectivity index (χ3n) is 2.35. The van der Waals surface area contributed by atoms with Crippen molar-refractivity contribution >= 4 is 21.4 Å². The van der Waals surface area contributed by atoms with Crippen LogP contribution < -0.4 is 4.72 Å². The lowest BCUT2D eigenvalue weighted by Gasteiger charge is -2.22. The molecule has 0 saturated carbocycles. The molecule has 1 heterocycles. The van der Waals surface area contributed by atoms with Gasteiger partial charge in [-0.1, -0.05) is 6.92 Å². The molecule has 1 aromatic heterocycles. The molecule has 1 rings (SSSR count). The summed E-state index contributed by atoms with van der Waals surface area (Å²) in [7, 11) is -2.09. The molecule has 1 aromatic rings. The van der Waals surface area contributed by atoms with Gasteiger partial charge in [0.15, 0.2) is 0 Å². The second-order valence-electron chi connectivity index (χ2n) is 4.33. The summed E-state index contributed by atoms with van der Waals surface area (Å²) in [5.41, 5.74) is -1.22. The summed E-state index contributed by atoms with van der Waals surface area (Å²) in [5, 5.41) is 9.83. The van der Waals surface area contributed by atoms with E-state index in [-0.39, 0.29) is 17.4 Å². The van der Waals surface area contributed by atoms with Crippen LogP contribution in [0.3, 0.4) is 0 Å². The van der Waals surface area contributed by atoms with Crippen LogP contribution in [0.4, 0.5) is 0 Å². The summed E-state index contributed by atoms with van der Waals surface area (Å²) in [6.07, 6.45) is 0.807. The first-order valence-corrected chi connectivity index (χ1v) is 7.90. The number of aryl methyl sites for hydroxylation is 1. The minimum Gasteiger partial charge on any atom is -0.386 e. The minimum absolute atomic E-state index is 0.0696. The Labute approximate surface area is 112 Å². The maximum Gasteiger partial charge on any atom is 0.250 e. The number of rotatable bonds is 7. The van der Waals surface area contributed by atoms with Crippen LogP contribution >= 0.6 is 11.3 Å². The largest absolute Gasteiger partial charge is 0.386 e. The molecular formula is C11H19NO4S2. The fraction of sp³-hybridized carbons (Fsp3) is 0.636. The van der Waals surface area contributed by atoms with Crippen LogP contribution in [0.25, 0.3) is 0 Å². The van der Waals surface area contributed by atoms with Crippen molar-refractivity contribution in [2.75, 3.05) is 20.3 Å². The van der Waals surface area contributed by atoms with Gasteiger partial charge in [0.25, 0.3) is 0 Å². The first-order valence-electron chi connectivity index (χ1n) is 5.60. The lowest BCUT2D eigenvalue weighted by atomic mass is 10.1. The smallest absolute Gasteiger partial charge is 0.250 e. The number of methoxy groups -OCH3 is 1. The van der Waals surface area contributed by atoms with Crippen LogP contribution in [0.1, 0.15) is 18.7 Å². The van der Waals surface area contributed by atoms with Gasteiger partial charge in [0.1, 0.15) is 4.21 Å². The van der Waals surface area contributed by atoms with E-state index in [1.165, 1.54) is 25.4 Å². The van der Waals surface area contributed by atoms with Crippen LogP contribution in [0.15, 0.2) is 16.3 Å². The van der Waals surface area contributed by atoms with E-state index in [1.807, 2.05) is 6.92 Å². The van der Waals surface area contributed by atoms with E-state index in [0.717, 1.165) is 11.3 Å². The number of nitrogens with one attached hydrogen (secondary N) is 1. The fourth-order valence-corrected chi connectivity index (χ4v) is 3.88. The molecule has 2 N–H and O–H groups in total. The lowest BCUT2D eigenvalue weighted by molar-refractivity contribution is -0.0119. The van der Waals surface area contributed by atoms with Gasteiger partial charge in [-0.15, -0.1) is 11.3 Å². The molecule has 0 saturated heterocycles. The molecule has 0 spiro atoms. The number of aliphatic hydroxyl groups is 1. The minimum atomic E-state index is -3.55. The van der Waals surface area contributed by atoms with Crippen molar-refractivity contribution in [3.05, 3.63) is 17.0 Å². The second-order valence-corrected chi connectivity index (χ2v) is 7.49. The zero-order valence-corrected chi connectivity index (χ0v) is 12.4. The fourth-order valence-electron chi connectivity index (χ4n) is 1.38. The zero-order chi connectivity index (χ0) is 13.8. The van der Waals surface area contributed by atoms with Gasteiger partial charge in [-0.05, 0) is 25.5 Å². The van der Waals surface area contributed by atoms with Crippen LogP contribution in [-0.2, 0) is 21.2 Å². The molecule has 5 nitrogen and oxygen atoms in total. The Balaban J connectivity index is 2.71. The summed E-state index contributed by atoms with van der Waals surface area (Å²) in [6.45, 7) is 3.48. The average Bonchev–Trinajstić information content (AvgIpc) is 2.76. The Morgan fingerprint density at radius 1 is 1.50 bits per heavy atom. The first kappa shape index (κ1) is 15.6. The van der Waals surface area contributed by atoms with Gasteiger partial charge in [0.2, 0.25) is 10.0 Å². The quantitative estimate of drug-likeness (QED) is 0.786. The highest BCUT2D eigenvalue weighted by molar-refractivity contribution is 7.91. The van der Waals surface area contributed by atoms with E-state index < -0.39 is 15.6 Å². The second kappa shape index (κ2) is 6.12. The van der Waals surface area contributed by atoms with Crippen molar-refractivity contribution < 1.29 is 18.3 Å². The summed E-state index contributed by atoms with van der Waals surface area (Å²) in [4.78, 5) is 1.01. The molecule has 0 aliphatic carbocycles. The highest BCUT2D eigenvalue weighted by Gasteiger charge is 2.24. The van der Waals surface area contributed by atoms with Crippen LogP contribution in [0.2, 0.25) is 0 Å². The highest BCUT2D eigenvalue weighted by Crippen LogP contribution is 2.21. The topological polar surface area (TPSA) is 75.6 Å². The van der Waals surface area contributed by atoms with Gasteiger partial charge in [0, 0.05) is 18.5 Å². The van der Waals surface area contributed by atoms with Crippen molar-refractivity contribution in [1.29, 1.82) is 0 Å². The Morgan fingerprint density at radius 2 is 2.17 bits per heavy atom. The SMILES string of the molecule is CCc1ccc(S(=O)(=O)NCC(C)(O)COC)s1. The zero-order valence-electron chi connectivity index (χ0n) is 10.8. The number of hydrogen-bond donors (Lipinski definition) is 2. The van der Waals surface area contributed by atoms with Gasteiger partial charge in [-0.25, -0.2) is 13.1 Å². The van der Waals surface area contributed by atoms with Gasteiger partial charge in [0.05, 0.1) is 12.2 Å². The molecular weight excluding hydrogens is 274 g/mol. The van der Waals surface area contributed by atoms with Crippen molar-refractivity contribution in [1.82, 2.24) is 4.72 Å². The number of sulfonamides is 1. The molecule has 0 aliphatic rings. The Hall–Kier alpha value is -0.470. The summed E-state index contributed by atoms with van der Waals surface area (Å²) >= 11 is 1.24. The van der Waals surface area contributed by atoms with Gasteiger partial charge in [-0.2, -0.15) is 0 Å². The molecule has 104 valence electrons. The first-order chi connectivity index (χ1) is 8.30. The molecule has 1 unspecified atom stereocenters. The molecule has 18 heavy (non-hydrogen) atoms. The standard InChI is InChI=1S/C11H19NO4S2/c1-4-9-5-6-10(17-9)18(14,15)12-7-11(2,13)8-16-3/h5-6,12-13H,4,7-8H2,1-3H3. The summed E-state index contributed by atoms with van der Waals surface area (Å²) < 4.78 is 31.4. The van der Waals surface area contributed by atoms with Gasteiger partial charge >= 0.3 is 0 Å². The van der Waals surface area contributed by atoms with E-state index in [1.54, 1.807) is 12.1 Å². The third-order valence-corrected chi connectivity index (χ3v) is 5.47. The maximum atomic E-state index is 12.0. The molecule has 1 atom stereocenters. The van der Waals surface area contributed by atoms with Crippen molar-refractivity contribution in [3.8, 4) is 0 Å². The molecule has 0 amide bonds. The molecule has 0 aromatic carbocycles. The molecule has 7 heteroatoms. The molecule has 0 fully saturated rings. The maximum absolute atomic E-state index is 12.0. The number of thiophene rings is 1. The number of ether oxygens (including phenoxy) is 1. The van der Waals surface area contributed by atoms with E-state index in [2.05, 4.69) is 4.72 Å². The Bertz CT molecular complexity index is 479. The number of hydrogen-bond acceptors (Lipinski definition) is 5. The predicted octanol–water partition coefficient (Wildman–Crippen LogP) is 0.986. The van der Waals surface area contributed by atoms with E-state index >= 15 is 0 Å². The predicted molar refractivity (Wildman–Crippen MR) is 71.4 cm³/mol. The normalized spacial score (nSPS) is 15.6. The van der Waals surface area contributed by atoms with E-state index in [0.29, 0.717) is 0 Å². The Kier molecular flexibility index (Phi) is 5.30. The van der Waals surface area contributed by atoms with Gasteiger partial charge in [-0.3, -0.25) is 0 Å². The van der Waals surface area contributed by atoms with Gasteiger partial charge < -0.3 is 9.84 Å². The molecule has 0 radical (unpaired) electrons. The summed E-state index contributed by atoms with van der Waals surface area (Å²) in [6, 6.07) is 3.38. The van der Waals surface area contributed by atoms with Crippen molar-refractivity contribution in [2.45, 2.75) is 30.1 Å². The molecule has 0 aliphatic heterocycles. The molecule has 0 bridgehead atoms. The average molecular weight is 293 g/mol. The van der Waals surface area contributed by atoms with Crippen LogP contribution in [0.5, 0.6) is 0 Å². The third kappa shape index (κ3) is 4.33. The van der Waals surface area contributed by atoms with Crippen LogP contribution in [-0.4, -0.2) is 39.4 Å². The highest BCUT2D eigenvalue weighted by atomic mass is 32.2. The van der Waals surface area contributed by atoms with E-state index in [4.69, 9.17) is 4.74 Å². The van der Waals surface area contributed by atoms with Crippen molar-refractivity contribution in [2.24, 2.45) is 0 Å². The lowest BCUT2D eigenvalue weighted by Crippen LogP contribution is -2.43. The Morgan fingerprint density at radius 3 is 2.67 bits per heavy atom. The van der Waals surface area contributed by atoms with Crippen molar-refractivity contribution in [3.63, 3.8) is 0 Å². The summed E-state index contributed by atoms with van der Waals surface area (Å²) in [5.74, 6) is 0.